The van der Waals surface area contributed by atoms with E-state index in [1.807, 2.05) is 0 Å². The summed E-state index contributed by atoms with van der Waals surface area (Å²) < 4.78 is 5.06. The van der Waals surface area contributed by atoms with E-state index in [0.717, 1.165) is 0 Å². The van der Waals surface area contributed by atoms with Gasteiger partial charge >= 0.3 is 5.97 Å². The van der Waals surface area contributed by atoms with Crippen molar-refractivity contribution in [3.05, 3.63) is 39.9 Å². The van der Waals surface area contributed by atoms with Crippen molar-refractivity contribution in [1.82, 2.24) is 10.4 Å². The molecule has 1 aromatic rings. The van der Waals surface area contributed by atoms with Gasteiger partial charge in [-0.2, -0.15) is 0 Å². The fourth-order valence-electron chi connectivity index (χ4n) is 1.97. The van der Waals surface area contributed by atoms with E-state index in [9.17, 15) is 19.7 Å². The van der Waals surface area contributed by atoms with Crippen LogP contribution in [-0.2, 0) is 20.9 Å². The van der Waals surface area contributed by atoms with Gasteiger partial charge in [0.05, 0.1) is 4.92 Å². The van der Waals surface area contributed by atoms with Gasteiger partial charge in [-0.25, -0.2) is 5.01 Å². The summed E-state index contributed by atoms with van der Waals surface area (Å²) in [6, 6.07) is 5.36. The second-order valence-corrected chi connectivity index (χ2v) is 5.52. The third-order valence-corrected chi connectivity index (χ3v) is 3.21. The van der Waals surface area contributed by atoms with E-state index in [-0.39, 0.29) is 37.2 Å². The quantitative estimate of drug-likeness (QED) is 0.293. The lowest BCUT2D eigenvalue weighted by atomic mass is 10.1. The second-order valence-electron chi connectivity index (χ2n) is 5.52. The third-order valence-electron chi connectivity index (χ3n) is 3.21. The van der Waals surface area contributed by atoms with Crippen LogP contribution in [0.25, 0.3) is 0 Å². The van der Waals surface area contributed by atoms with Crippen LogP contribution in [0, 0.1) is 10.1 Å². The van der Waals surface area contributed by atoms with Gasteiger partial charge in [-0.3, -0.25) is 25.1 Å². The molecule has 0 saturated carbocycles. The average molecular weight is 353 g/mol. The molecule has 10 heteroatoms. The molecule has 25 heavy (non-hydrogen) atoms. The number of hydrogen-bond donors (Lipinski definition) is 3. The highest BCUT2D eigenvalue weighted by Gasteiger charge is 2.13. The van der Waals surface area contributed by atoms with Crippen LogP contribution in [0.3, 0.4) is 0 Å². The van der Waals surface area contributed by atoms with Crippen molar-refractivity contribution in [3.63, 3.8) is 0 Å². The van der Waals surface area contributed by atoms with Crippen molar-refractivity contribution in [1.29, 1.82) is 0 Å². The van der Waals surface area contributed by atoms with Crippen LogP contribution in [0.2, 0.25) is 0 Å². The van der Waals surface area contributed by atoms with Crippen molar-refractivity contribution < 1.29 is 19.2 Å². The molecular formula is C15H23N5O5. The Morgan fingerprint density at radius 2 is 2.00 bits per heavy atom. The number of nitro benzene ring substituents is 1. The number of rotatable bonds is 10. The van der Waals surface area contributed by atoms with Gasteiger partial charge in [0.15, 0.2) is 0 Å². The molecule has 0 saturated heterocycles. The summed E-state index contributed by atoms with van der Waals surface area (Å²) in [5.41, 5.74) is 14.2. The van der Waals surface area contributed by atoms with Crippen LogP contribution in [-0.4, -0.2) is 48.0 Å². The minimum absolute atomic E-state index is 0.0139. The smallest absolute Gasteiger partial charge is 0.322 e. The molecule has 0 unspecified atom stereocenters. The molecule has 5 N–H and O–H groups in total. The largest absolute Gasteiger partial charge is 0.460 e. The maximum absolute atomic E-state index is 11.7. The molecule has 1 aromatic carbocycles. The number of carbonyl (C=O) groups excluding carboxylic acids is 2. The molecule has 0 aliphatic carbocycles. The summed E-state index contributed by atoms with van der Waals surface area (Å²) in [5, 5.41) is 11.9. The van der Waals surface area contributed by atoms with Crippen LogP contribution >= 0.6 is 0 Å². The van der Waals surface area contributed by atoms with Gasteiger partial charge in [-0.05, 0) is 30.7 Å². The summed E-state index contributed by atoms with van der Waals surface area (Å²) in [4.78, 5) is 33.5. The molecule has 0 aliphatic heterocycles. The monoisotopic (exact) mass is 353 g/mol. The van der Waals surface area contributed by atoms with Crippen molar-refractivity contribution >= 4 is 17.6 Å². The van der Waals surface area contributed by atoms with E-state index in [0.29, 0.717) is 18.5 Å². The molecule has 0 aliphatic rings. The topological polar surface area (TPSA) is 154 Å². The van der Waals surface area contributed by atoms with Crippen LogP contribution in [0.5, 0.6) is 0 Å². The van der Waals surface area contributed by atoms with Gasteiger partial charge < -0.3 is 16.2 Å². The molecule has 0 aromatic heterocycles. The number of nitrogens with zero attached hydrogens (tertiary/aromatic N) is 2. The first-order valence-corrected chi connectivity index (χ1v) is 7.67. The Labute approximate surface area is 145 Å². The fraction of sp³-hybridized carbons (Fsp3) is 0.467. The van der Waals surface area contributed by atoms with Gasteiger partial charge in [0, 0.05) is 31.6 Å². The molecule has 138 valence electrons. The number of amides is 1. The number of hydrazine groups is 1. The maximum atomic E-state index is 11.7. The Bertz CT molecular complexity index is 592. The number of hydrogen-bond acceptors (Lipinski definition) is 8. The van der Waals surface area contributed by atoms with Crippen molar-refractivity contribution in [2.24, 2.45) is 11.5 Å². The molecular weight excluding hydrogens is 330 g/mol. The number of carbonyl (C=O) groups is 2. The predicted octanol–water partition coefficient (Wildman–Crippen LogP) is -0.333. The first-order valence-electron chi connectivity index (χ1n) is 7.67. The lowest BCUT2D eigenvalue weighted by Crippen LogP contribution is -2.44. The van der Waals surface area contributed by atoms with Crippen molar-refractivity contribution in [2.45, 2.75) is 25.5 Å². The Balaban J connectivity index is 2.33. The van der Waals surface area contributed by atoms with Crippen LogP contribution in [0.4, 0.5) is 5.69 Å². The number of ether oxygens (including phenoxy) is 1. The minimum Gasteiger partial charge on any atom is -0.460 e. The lowest BCUT2D eigenvalue weighted by Gasteiger charge is -2.18. The van der Waals surface area contributed by atoms with Gasteiger partial charge in [-0.15, -0.1) is 0 Å². The molecule has 0 radical (unpaired) electrons. The van der Waals surface area contributed by atoms with E-state index in [4.69, 9.17) is 16.2 Å². The maximum Gasteiger partial charge on any atom is 0.322 e. The Hall–Kier alpha value is -2.56. The normalized spacial score (nSPS) is 11.8. The van der Waals surface area contributed by atoms with Crippen molar-refractivity contribution in [2.75, 3.05) is 20.1 Å². The number of nitrogens with two attached hydrogens (primary N) is 2. The number of non-ortho nitro benzene ring substituents is 1. The standard InChI is InChI=1S/C15H23N5O5/c1-19(18-14(21)8-12(17)6-7-16)9-15(22)25-10-11-2-4-13(5-3-11)20(23)24/h2-5,12H,6-10,16-17H2,1H3,(H,18,21)/t12-/m0/s1. The number of esters is 1. The molecule has 1 amide bonds. The molecule has 10 nitrogen and oxygen atoms in total. The van der Waals surface area contributed by atoms with Crippen LogP contribution in [0.1, 0.15) is 18.4 Å². The Morgan fingerprint density at radius 3 is 2.56 bits per heavy atom. The zero-order valence-electron chi connectivity index (χ0n) is 14.0. The summed E-state index contributed by atoms with van der Waals surface area (Å²) in [6.45, 7) is 0.240. The van der Waals surface area contributed by atoms with E-state index < -0.39 is 10.9 Å². The third kappa shape index (κ3) is 8.20. The van der Waals surface area contributed by atoms with Gasteiger partial charge in [0.2, 0.25) is 5.91 Å². The molecule has 0 bridgehead atoms. The molecule has 0 fully saturated rings. The second kappa shape index (κ2) is 10.3. The zero-order chi connectivity index (χ0) is 18.8. The number of nitrogens with one attached hydrogen (secondary N) is 1. The number of nitro groups is 1. The van der Waals surface area contributed by atoms with Crippen LogP contribution < -0.4 is 16.9 Å². The average Bonchev–Trinajstić information content (AvgIpc) is 2.53. The Kier molecular flexibility index (Phi) is 8.47. The highest BCUT2D eigenvalue weighted by Crippen LogP contribution is 2.12. The molecule has 0 heterocycles. The fourth-order valence-corrected chi connectivity index (χ4v) is 1.97. The van der Waals surface area contributed by atoms with Gasteiger partial charge in [-0.1, -0.05) is 0 Å². The minimum atomic E-state index is -0.549. The van der Waals surface area contributed by atoms with E-state index in [1.54, 1.807) is 0 Å². The van der Waals surface area contributed by atoms with E-state index in [1.165, 1.54) is 36.3 Å². The van der Waals surface area contributed by atoms with E-state index >= 15 is 0 Å². The number of benzene rings is 1. The SMILES string of the molecule is CN(CC(=O)OCc1ccc([N+](=O)[O-])cc1)NC(=O)C[C@@H](N)CCN. The summed E-state index contributed by atoms with van der Waals surface area (Å²) in [7, 11) is 1.53. The highest BCUT2D eigenvalue weighted by atomic mass is 16.6. The first-order chi connectivity index (χ1) is 11.8. The summed E-state index contributed by atoms with van der Waals surface area (Å²) in [6.07, 6.45) is 0.647. The first kappa shape index (κ1) is 20.5. The predicted molar refractivity (Wildman–Crippen MR) is 89.9 cm³/mol. The lowest BCUT2D eigenvalue weighted by molar-refractivity contribution is -0.384. The van der Waals surface area contributed by atoms with Gasteiger partial charge in [0.25, 0.3) is 5.69 Å². The number of likely N-dealkylation sites (N-methyl/N-ethyl adjacent to an activating group) is 1. The molecule has 1 rings (SSSR count). The van der Waals surface area contributed by atoms with Gasteiger partial charge in [0.1, 0.15) is 13.2 Å². The van der Waals surface area contributed by atoms with Crippen LogP contribution in [0.15, 0.2) is 24.3 Å². The van der Waals surface area contributed by atoms with E-state index in [2.05, 4.69) is 5.43 Å². The molecule has 0 spiro atoms. The summed E-state index contributed by atoms with van der Waals surface area (Å²) in [5.74, 6) is -0.862. The Morgan fingerprint density at radius 1 is 1.36 bits per heavy atom. The van der Waals surface area contributed by atoms with Crippen molar-refractivity contribution in [3.8, 4) is 0 Å². The zero-order valence-corrected chi connectivity index (χ0v) is 14.0. The highest BCUT2D eigenvalue weighted by molar-refractivity contribution is 5.77. The molecule has 1 atom stereocenters. The summed E-state index contributed by atoms with van der Waals surface area (Å²) >= 11 is 0.